The minimum Gasteiger partial charge on any atom is -0.348 e. The highest BCUT2D eigenvalue weighted by atomic mass is 16.1. The fourth-order valence-corrected chi connectivity index (χ4v) is 4.22. The fourth-order valence-electron chi connectivity index (χ4n) is 4.22. The summed E-state index contributed by atoms with van der Waals surface area (Å²) in [7, 11) is 0. The van der Waals surface area contributed by atoms with Crippen molar-refractivity contribution in [1.82, 2.24) is 10.2 Å². The Morgan fingerprint density at radius 3 is 2.00 bits per heavy atom. The third kappa shape index (κ3) is 5.12. The van der Waals surface area contributed by atoms with Gasteiger partial charge < -0.3 is 10.2 Å². The number of rotatable bonds is 7. The molecule has 0 spiro atoms. The summed E-state index contributed by atoms with van der Waals surface area (Å²) in [6.07, 6.45) is 2.09. The van der Waals surface area contributed by atoms with Crippen LogP contribution in [0.2, 0.25) is 0 Å². The minimum absolute atomic E-state index is 0.0314. The van der Waals surface area contributed by atoms with E-state index in [9.17, 15) is 4.79 Å². The van der Waals surface area contributed by atoms with Gasteiger partial charge in [-0.05, 0) is 42.6 Å². The van der Waals surface area contributed by atoms with Gasteiger partial charge in [0.25, 0.3) is 5.91 Å². The number of nitrogens with zero attached hydrogens (tertiary/aromatic N) is 1. The van der Waals surface area contributed by atoms with Crippen LogP contribution in [0.15, 0.2) is 91.0 Å². The van der Waals surface area contributed by atoms with Crippen LogP contribution in [-0.2, 0) is 0 Å². The van der Waals surface area contributed by atoms with Gasteiger partial charge in [-0.15, -0.1) is 0 Å². The number of amides is 1. The summed E-state index contributed by atoms with van der Waals surface area (Å²) in [5, 5.41) is 3.20. The zero-order chi connectivity index (χ0) is 19.9. The van der Waals surface area contributed by atoms with Crippen molar-refractivity contribution >= 4 is 5.91 Å². The molecular formula is C26H28N2O. The summed E-state index contributed by atoms with van der Waals surface area (Å²) >= 11 is 0. The van der Waals surface area contributed by atoms with Crippen LogP contribution in [0.1, 0.15) is 40.2 Å². The molecule has 3 aromatic rings. The molecule has 1 heterocycles. The first-order chi connectivity index (χ1) is 14.3. The first kappa shape index (κ1) is 19.4. The van der Waals surface area contributed by atoms with E-state index in [1.54, 1.807) is 0 Å². The van der Waals surface area contributed by atoms with E-state index >= 15 is 0 Å². The van der Waals surface area contributed by atoms with Crippen LogP contribution >= 0.6 is 0 Å². The van der Waals surface area contributed by atoms with Gasteiger partial charge in [0.1, 0.15) is 0 Å². The van der Waals surface area contributed by atoms with E-state index in [-0.39, 0.29) is 11.9 Å². The smallest absolute Gasteiger partial charge is 0.251 e. The van der Waals surface area contributed by atoms with Crippen LogP contribution in [0.4, 0.5) is 0 Å². The molecule has 1 amide bonds. The van der Waals surface area contributed by atoms with Gasteiger partial charge >= 0.3 is 0 Å². The molecule has 1 N–H and O–H groups in total. The maximum atomic E-state index is 12.4. The molecule has 1 unspecified atom stereocenters. The van der Waals surface area contributed by atoms with Gasteiger partial charge in [0, 0.05) is 30.6 Å². The third-order valence-corrected chi connectivity index (χ3v) is 5.78. The lowest BCUT2D eigenvalue weighted by Gasteiger charge is -2.22. The van der Waals surface area contributed by atoms with E-state index in [1.807, 2.05) is 30.3 Å². The van der Waals surface area contributed by atoms with E-state index in [1.165, 1.54) is 11.1 Å². The Balaban J connectivity index is 1.35. The Hall–Kier alpha value is -2.91. The summed E-state index contributed by atoms with van der Waals surface area (Å²) in [5.41, 5.74) is 3.47. The zero-order valence-corrected chi connectivity index (χ0v) is 16.7. The van der Waals surface area contributed by atoms with Crippen LogP contribution in [0.25, 0.3) is 0 Å². The maximum Gasteiger partial charge on any atom is 0.251 e. The van der Waals surface area contributed by atoms with Crippen molar-refractivity contribution in [2.75, 3.05) is 19.6 Å². The quantitative estimate of drug-likeness (QED) is 0.640. The molecule has 4 rings (SSSR count). The van der Waals surface area contributed by atoms with Crippen molar-refractivity contribution in [1.29, 1.82) is 0 Å². The lowest BCUT2D eigenvalue weighted by molar-refractivity contribution is 0.0937. The predicted molar refractivity (Wildman–Crippen MR) is 118 cm³/mol. The highest BCUT2D eigenvalue weighted by Crippen LogP contribution is 2.28. The molecule has 1 atom stereocenters. The first-order valence-electron chi connectivity index (χ1n) is 10.5. The molecule has 1 fully saturated rings. The van der Waals surface area contributed by atoms with Crippen LogP contribution < -0.4 is 5.32 Å². The highest BCUT2D eigenvalue weighted by molar-refractivity contribution is 5.94. The number of hydrogen-bond acceptors (Lipinski definition) is 2. The van der Waals surface area contributed by atoms with Crippen LogP contribution in [-0.4, -0.2) is 36.5 Å². The Labute approximate surface area is 173 Å². The normalized spacial score (nSPS) is 16.8. The van der Waals surface area contributed by atoms with Gasteiger partial charge in [0.05, 0.1) is 0 Å². The zero-order valence-electron chi connectivity index (χ0n) is 16.7. The van der Waals surface area contributed by atoms with Crippen LogP contribution in [0.3, 0.4) is 0 Å². The third-order valence-electron chi connectivity index (χ3n) is 5.78. The summed E-state index contributed by atoms with van der Waals surface area (Å²) < 4.78 is 0. The van der Waals surface area contributed by atoms with Crippen molar-refractivity contribution in [2.24, 2.45) is 0 Å². The van der Waals surface area contributed by atoms with Crippen molar-refractivity contribution in [3.63, 3.8) is 0 Å². The van der Waals surface area contributed by atoms with Crippen molar-refractivity contribution in [2.45, 2.75) is 24.8 Å². The number of carbonyl (C=O) groups is 1. The Kier molecular flexibility index (Phi) is 6.38. The summed E-state index contributed by atoms with van der Waals surface area (Å²) in [6, 6.07) is 31.3. The molecule has 1 aliphatic heterocycles. The van der Waals surface area contributed by atoms with E-state index in [0.717, 1.165) is 38.0 Å². The van der Waals surface area contributed by atoms with Gasteiger partial charge in [-0.1, -0.05) is 78.9 Å². The van der Waals surface area contributed by atoms with E-state index in [4.69, 9.17) is 0 Å². The number of carbonyl (C=O) groups excluding carboxylic acids is 1. The number of nitrogens with one attached hydrogen (secondary N) is 1. The molecule has 3 heteroatoms. The average molecular weight is 385 g/mol. The molecule has 0 radical (unpaired) electrons. The maximum absolute atomic E-state index is 12.4. The molecule has 0 aromatic heterocycles. The monoisotopic (exact) mass is 384 g/mol. The lowest BCUT2D eigenvalue weighted by Crippen LogP contribution is -2.37. The molecule has 1 saturated heterocycles. The number of benzene rings is 3. The minimum atomic E-state index is 0.0314. The fraction of sp³-hybridized carbons (Fsp3) is 0.269. The van der Waals surface area contributed by atoms with Crippen LogP contribution in [0.5, 0.6) is 0 Å². The molecule has 0 bridgehead atoms. The Bertz CT molecular complexity index is 856. The molecule has 3 aromatic carbocycles. The van der Waals surface area contributed by atoms with Gasteiger partial charge in [-0.2, -0.15) is 0 Å². The largest absolute Gasteiger partial charge is 0.348 e. The highest BCUT2D eigenvalue weighted by Gasteiger charge is 2.25. The number of hydrogen-bond donors (Lipinski definition) is 1. The summed E-state index contributed by atoms with van der Waals surface area (Å²) in [6.45, 7) is 3.00. The molecule has 0 saturated carbocycles. The Morgan fingerprint density at radius 2 is 1.41 bits per heavy atom. The molecule has 1 aliphatic rings. The van der Waals surface area contributed by atoms with Gasteiger partial charge in [0.2, 0.25) is 0 Å². The molecular weight excluding hydrogens is 356 g/mol. The molecule has 148 valence electrons. The second-order valence-electron chi connectivity index (χ2n) is 7.79. The van der Waals surface area contributed by atoms with Crippen molar-refractivity contribution < 1.29 is 4.79 Å². The first-order valence-corrected chi connectivity index (χ1v) is 10.5. The van der Waals surface area contributed by atoms with Crippen LogP contribution in [0, 0.1) is 0 Å². The summed E-state index contributed by atoms with van der Waals surface area (Å²) in [4.78, 5) is 14.9. The Morgan fingerprint density at radius 1 is 0.862 bits per heavy atom. The topological polar surface area (TPSA) is 32.3 Å². The van der Waals surface area contributed by atoms with Crippen molar-refractivity contribution in [3.05, 3.63) is 108 Å². The molecule has 0 aliphatic carbocycles. The van der Waals surface area contributed by atoms with Gasteiger partial charge in [-0.25, -0.2) is 0 Å². The molecule has 3 nitrogen and oxygen atoms in total. The average Bonchev–Trinajstić information content (AvgIpc) is 3.23. The van der Waals surface area contributed by atoms with E-state index in [0.29, 0.717) is 5.92 Å². The second kappa shape index (κ2) is 9.53. The van der Waals surface area contributed by atoms with Gasteiger partial charge in [-0.3, -0.25) is 4.79 Å². The van der Waals surface area contributed by atoms with E-state index in [2.05, 4.69) is 70.9 Å². The lowest BCUT2D eigenvalue weighted by atomic mass is 9.88. The predicted octanol–water partition coefficient (Wildman–Crippen LogP) is 4.71. The van der Waals surface area contributed by atoms with Crippen molar-refractivity contribution in [3.8, 4) is 0 Å². The second-order valence-corrected chi connectivity index (χ2v) is 7.79. The molecule has 29 heavy (non-hydrogen) atoms. The van der Waals surface area contributed by atoms with Gasteiger partial charge in [0.15, 0.2) is 0 Å². The number of likely N-dealkylation sites (tertiary alicyclic amines) is 1. The van der Waals surface area contributed by atoms with E-state index < -0.39 is 0 Å². The summed E-state index contributed by atoms with van der Waals surface area (Å²) in [5.74, 6) is 0.430. The standard InChI is InChI=1S/C26H28N2O/c29-26(23-14-8-3-9-15-23)27-24-16-18-28(20-24)19-17-25(21-10-4-1-5-11-21)22-12-6-2-7-13-22/h1-15,24-25H,16-20H2,(H,27,29). The SMILES string of the molecule is O=C(NC1CCN(CCC(c2ccccc2)c2ccccc2)C1)c1ccccc1.